The first kappa shape index (κ1) is 48.1. The minimum atomic E-state index is 0.954. The molecule has 0 unspecified atom stereocenters. The third kappa shape index (κ3) is 27.6. The maximum absolute atomic E-state index is 4.15. The van der Waals surface area contributed by atoms with Crippen LogP contribution in [0.25, 0.3) is 5.70 Å². The van der Waals surface area contributed by atoms with Crippen molar-refractivity contribution in [3.63, 3.8) is 0 Å². The summed E-state index contributed by atoms with van der Waals surface area (Å²) in [5.41, 5.74) is 10.7. The summed E-state index contributed by atoms with van der Waals surface area (Å²) in [6.07, 6.45) is 18.7. The lowest BCUT2D eigenvalue weighted by Crippen LogP contribution is -2.13. The zero-order valence-electron chi connectivity index (χ0n) is 33.2. The molecule has 2 aromatic carbocycles. The molecule has 2 nitrogen and oxygen atoms in total. The summed E-state index contributed by atoms with van der Waals surface area (Å²) >= 11 is 0. The lowest BCUT2D eigenvalue weighted by Gasteiger charge is -2.16. The predicted molar refractivity (Wildman–Crippen MR) is 221 cm³/mol. The van der Waals surface area contributed by atoms with Gasteiger partial charge in [0, 0.05) is 23.6 Å². The van der Waals surface area contributed by atoms with Crippen LogP contribution in [-0.4, -0.2) is 6.54 Å². The number of nitrogens with one attached hydrogen (secondary N) is 2. The van der Waals surface area contributed by atoms with Crippen LogP contribution in [-0.2, 0) is 6.42 Å². The van der Waals surface area contributed by atoms with Gasteiger partial charge >= 0.3 is 0 Å². The molecule has 0 radical (unpaired) electrons. The van der Waals surface area contributed by atoms with Crippen LogP contribution in [0.4, 0.5) is 5.69 Å². The van der Waals surface area contributed by atoms with E-state index in [1.54, 1.807) is 0 Å². The predicted octanol–water partition coefficient (Wildman–Crippen LogP) is 14.7. The fraction of sp³-hybridized carbons (Fsp3) is 0.511. The Labute approximate surface area is 294 Å². The van der Waals surface area contributed by atoms with Gasteiger partial charge in [-0.3, -0.25) is 0 Å². The molecule has 0 fully saturated rings. The summed E-state index contributed by atoms with van der Waals surface area (Å²) in [6, 6.07) is 15.0. The van der Waals surface area contributed by atoms with Crippen LogP contribution in [0.5, 0.6) is 0 Å². The molecule has 266 valence electrons. The Bertz CT molecular complexity index is 1120. The Morgan fingerprint density at radius 2 is 1.26 bits per heavy atom. The molecule has 0 saturated carbocycles. The Morgan fingerprint density at radius 3 is 1.72 bits per heavy atom. The number of unbranched alkanes of at least 4 members (excludes halogenated alkanes) is 4. The molecule has 0 amide bonds. The van der Waals surface area contributed by atoms with Crippen molar-refractivity contribution in [3.05, 3.63) is 120 Å². The number of benzene rings is 2. The van der Waals surface area contributed by atoms with Crippen molar-refractivity contribution in [1.82, 2.24) is 5.32 Å². The molecule has 0 aromatic heterocycles. The fourth-order valence-corrected chi connectivity index (χ4v) is 3.63. The van der Waals surface area contributed by atoms with Gasteiger partial charge in [-0.25, -0.2) is 0 Å². The molecule has 0 heterocycles. The van der Waals surface area contributed by atoms with Gasteiger partial charge in [0.2, 0.25) is 0 Å². The molecule has 1 aliphatic carbocycles. The molecule has 2 N–H and O–H groups in total. The maximum atomic E-state index is 4.15. The van der Waals surface area contributed by atoms with E-state index in [4.69, 9.17) is 0 Å². The molecule has 0 spiro atoms. The molecule has 2 aromatic rings. The van der Waals surface area contributed by atoms with Gasteiger partial charge < -0.3 is 10.6 Å². The molecule has 3 rings (SSSR count). The molecule has 0 atom stereocenters. The molecule has 0 bridgehead atoms. The highest BCUT2D eigenvalue weighted by Gasteiger charge is 2.08. The van der Waals surface area contributed by atoms with Crippen molar-refractivity contribution < 1.29 is 0 Å². The smallest absolute Gasteiger partial charge is 0.0420 e. The van der Waals surface area contributed by atoms with E-state index in [0.29, 0.717) is 0 Å². The van der Waals surface area contributed by atoms with Crippen LogP contribution in [0.15, 0.2) is 97.3 Å². The van der Waals surface area contributed by atoms with Crippen LogP contribution in [0, 0.1) is 13.8 Å². The van der Waals surface area contributed by atoms with Crippen molar-refractivity contribution in [2.75, 3.05) is 11.9 Å². The number of aryl methyl sites for hydroxylation is 3. The lowest BCUT2D eigenvalue weighted by atomic mass is 10.0. The zero-order chi connectivity index (χ0) is 36.5. The summed E-state index contributed by atoms with van der Waals surface area (Å²) in [4.78, 5) is 0. The zero-order valence-corrected chi connectivity index (χ0v) is 33.2. The minimum Gasteiger partial charge on any atom is -0.385 e. The standard InChI is InChI=1S/C20H26N2.C11H16.C4H8.2C4H10.C2H6/c1-5-6-13-21-16(3)19-12-11-15(2)20(14-19)22-17(4)18-9-7-8-10-18;1-3-4-8-11-9-6-5-7-10(11)2;1-4(2)3;2*1-3-4-2;1-2/h7-9,11-12,14,21-22H,3-6,10,13H2,1-2H3;5-7,9H,3-4,8H2,1-2H3;1H2,2-3H3;2*3-4H2,1-2H3;1-2H3. The Balaban J connectivity index is -0.000000641. The molecule has 0 saturated heterocycles. The van der Waals surface area contributed by atoms with E-state index in [2.05, 4.69) is 146 Å². The summed E-state index contributed by atoms with van der Waals surface area (Å²) in [5, 5.41) is 6.83. The van der Waals surface area contributed by atoms with Gasteiger partial charge in [-0.2, -0.15) is 0 Å². The van der Waals surface area contributed by atoms with Crippen LogP contribution < -0.4 is 10.6 Å². The molecule has 1 aliphatic rings. The van der Waals surface area contributed by atoms with E-state index in [0.717, 1.165) is 42.0 Å². The van der Waals surface area contributed by atoms with Crippen molar-refractivity contribution in [3.8, 4) is 0 Å². The van der Waals surface area contributed by atoms with E-state index in [-0.39, 0.29) is 0 Å². The Morgan fingerprint density at radius 1 is 0.702 bits per heavy atom. The van der Waals surface area contributed by atoms with Gasteiger partial charge in [0.1, 0.15) is 0 Å². The van der Waals surface area contributed by atoms with Gasteiger partial charge in [0.25, 0.3) is 0 Å². The maximum Gasteiger partial charge on any atom is 0.0420 e. The van der Waals surface area contributed by atoms with E-state index in [9.17, 15) is 0 Å². The van der Waals surface area contributed by atoms with E-state index in [1.165, 1.54) is 79.2 Å². The van der Waals surface area contributed by atoms with E-state index < -0.39 is 0 Å². The van der Waals surface area contributed by atoms with Gasteiger partial charge in [0.05, 0.1) is 0 Å². The van der Waals surface area contributed by atoms with Crippen LogP contribution >= 0.6 is 0 Å². The number of rotatable bonds is 13. The molecule has 0 aliphatic heterocycles. The number of anilines is 1. The topological polar surface area (TPSA) is 24.1 Å². The first-order valence-electron chi connectivity index (χ1n) is 18.5. The molecule has 2 heteroatoms. The first-order valence-corrected chi connectivity index (χ1v) is 18.5. The van der Waals surface area contributed by atoms with Crippen LogP contribution in [0.2, 0.25) is 0 Å². The number of hydrogen-bond acceptors (Lipinski definition) is 2. The van der Waals surface area contributed by atoms with E-state index >= 15 is 0 Å². The minimum absolute atomic E-state index is 0.954. The second-order valence-corrected chi connectivity index (χ2v) is 12.0. The highest BCUT2D eigenvalue weighted by Crippen LogP contribution is 2.25. The second kappa shape index (κ2) is 34.1. The molecule has 47 heavy (non-hydrogen) atoms. The largest absolute Gasteiger partial charge is 0.385 e. The van der Waals surface area contributed by atoms with Crippen LogP contribution in [0.3, 0.4) is 0 Å². The second-order valence-electron chi connectivity index (χ2n) is 12.0. The van der Waals surface area contributed by atoms with Gasteiger partial charge in [-0.15, -0.1) is 6.58 Å². The van der Waals surface area contributed by atoms with E-state index in [1.807, 2.05) is 27.7 Å². The normalized spacial score (nSPS) is 10.3. The third-order valence-electron chi connectivity index (χ3n) is 6.96. The van der Waals surface area contributed by atoms with Crippen molar-refractivity contribution >= 4 is 11.4 Å². The number of hydrogen-bond donors (Lipinski definition) is 2. The number of allylic oxidation sites excluding steroid dienone is 5. The Hall–Kier alpha value is -3.26. The average molecular weight is 645 g/mol. The Kier molecular flexibility index (Phi) is 34.9. The van der Waals surface area contributed by atoms with Crippen molar-refractivity contribution in [1.29, 1.82) is 0 Å². The fourth-order valence-electron chi connectivity index (χ4n) is 3.63. The molecular formula is C45H76N2. The summed E-state index contributed by atoms with van der Waals surface area (Å²) in [7, 11) is 0. The SMILES string of the molecule is C=C(C)C.C=C(Nc1cc(C(=C)NCCCC)ccc1C)C1=CC=CC1.CC.CCCC.CCCC.CCCCc1ccccc1C. The lowest BCUT2D eigenvalue weighted by molar-refractivity contribution is 0.745. The highest BCUT2D eigenvalue weighted by atomic mass is 14.9. The van der Waals surface area contributed by atoms with Crippen molar-refractivity contribution in [2.24, 2.45) is 0 Å². The third-order valence-corrected chi connectivity index (χ3v) is 6.96. The monoisotopic (exact) mass is 645 g/mol. The quantitative estimate of drug-likeness (QED) is 0.167. The molecular weight excluding hydrogens is 569 g/mol. The summed E-state index contributed by atoms with van der Waals surface area (Å²) < 4.78 is 0. The van der Waals surface area contributed by atoms with Crippen LogP contribution in [0.1, 0.15) is 149 Å². The van der Waals surface area contributed by atoms with Crippen molar-refractivity contribution in [2.45, 2.75) is 147 Å². The summed E-state index contributed by atoms with van der Waals surface area (Å²) in [6.45, 7) is 38.2. The highest BCUT2D eigenvalue weighted by molar-refractivity contribution is 5.69. The van der Waals surface area contributed by atoms with Gasteiger partial charge in [-0.05, 0) is 87.3 Å². The van der Waals surface area contributed by atoms with Gasteiger partial charge in [-0.1, -0.05) is 167 Å². The first-order chi connectivity index (χ1) is 22.5. The average Bonchev–Trinajstić information content (AvgIpc) is 3.62. The summed E-state index contributed by atoms with van der Waals surface area (Å²) in [5.74, 6) is 0. The van der Waals surface area contributed by atoms with Gasteiger partial charge in [0.15, 0.2) is 0 Å².